The molecule has 0 spiro atoms. The highest BCUT2D eigenvalue weighted by Gasteiger charge is 2.18. The van der Waals surface area contributed by atoms with Gasteiger partial charge in [0, 0.05) is 32.2 Å². The second kappa shape index (κ2) is 7.59. The summed E-state index contributed by atoms with van der Waals surface area (Å²) in [5, 5.41) is 3.36. The molecule has 1 aromatic rings. The maximum atomic E-state index is 4.54. The van der Waals surface area contributed by atoms with Crippen molar-refractivity contribution < 1.29 is 0 Å². The van der Waals surface area contributed by atoms with Crippen LogP contribution in [0.4, 0.5) is 11.6 Å². The average Bonchev–Trinajstić information content (AvgIpc) is 2.98. The number of rotatable bonds is 7. The van der Waals surface area contributed by atoms with Crippen LogP contribution in [0.1, 0.15) is 45.1 Å². The summed E-state index contributed by atoms with van der Waals surface area (Å²) in [6.07, 6.45) is 4.36. The number of likely N-dealkylation sites (N-methyl/N-ethyl adjacent to an activating group) is 1. The molecule has 0 radical (unpaired) electrons. The number of likely N-dealkylation sites (tertiary alicyclic amines) is 1. The molecule has 0 bridgehead atoms. The van der Waals surface area contributed by atoms with Gasteiger partial charge in [-0.3, -0.25) is 0 Å². The number of hydrogen-bond acceptors (Lipinski definition) is 5. The molecule has 0 amide bonds. The van der Waals surface area contributed by atoms with Gasteiger partial charge in [0.1, 0.15) is 18.0 Å². The zero-order valence-electron chi connectivity index (χ0n) is 13.9. The number of anilines is 2. The smallest absolute Gasteiger partial charge is 0.137 e. The van der Waals surface area contributed by atoms with Gasteiger partial charge in [0.05, 0.1) is 0 Å². The number of aromatic nitrogens is 2. The van der Waals surface area contributed by atoms with Crippen molar-refractivity contribution in [1.82, 2.24) is 14.9 Å². The fraction of sp³-hybridized carbons (Fsp3) is 0.750. The van der Waals surface area contributed by atoms with Gasteiger partial charge in [-0.15, -0.1) is 0 Å². The van der Waals surface area contributed by atoms with Gasteiger partial charge in [-0.05, 0) is 38.8 Å². The molecule has 5 heteroatoms. The van der Waals surface area contributed by atoms with Crippen molar-refractivity contribution in [2.24, 2.45) is 0 Å². The molecule has 0 aromatic carbocycles. The third-order valence-electron chi connectivity index (χ3n) is 4.10. The van der Waals surface area contributed by atoms with Crippen LogP contribution in [0.25, 0.3) is 0 Å². The van der Waals surface area contributed by atoms with Gasteiger partial charge in [-0.2, -0.15) is 0 Å². The molecule has 0 unspecified atom stereocenters. The molecule has 0 saturated carbocycles. The Labute approximate surface area is 128 Å². The molecule has 21 heavy (non-hydrogen) atoms. The van der Waals surface area contributed by atoms with Crippen molar-refractivity contribution in [2.45, 2.75) is 39.5 Å². The molecular weight excluding hydrogens is 262 g/mol. The molecule has 1 aliphatic heterocycles. The van der Waals surface area contributed by atoms with E-state index >= 15 is 0 Å². The molecule has 1 N–H and O–H groups in total. The zero-order chi connectivity index (χ0) is 15.2. The molecule has 1 aromatic heterocycles. The Kier molecular flexibility index (Phi) is 5.79. The Hall–Kier alpha value is -1.36. The van der Waals surface area contributed by atoms with Gasteiger partial charge in [0.2, 0.25) is 0 Å². The summed E-state index contributed by atoms with van der Waals surface area (Å²) in [4.78, 5) is 13.8. The molecule has 1 saturated heterocycles. The highest BCUT2D eigenvalue weighted by atomic mass is 15.2. The highest BCUT2D eigenvalue weighted by molar-refractivity contribution is 5.60. The molecule has 0 aliphatic carbocycles. The van der Waals surface area contributed by atoms with E-state index in [2.05, 4.69) is 52.9 Å². The lowest BCUT2D eigenvalue weighted by Crippen LogP contribution is -2.32. The van der Waals surface area contributed by atoms with E-state index in [1.54, 1.807) is 6.33 Å². The predicted octanol–water partition coefficient (Wildman–Crippen LogP) is 2.56. The molecule has 1 fully saturated rings. The van der Waals surface area contributed by atoms with Gasteiger partial charge in [0.25, 0.3) is 0 Å². The monoisotopic (exact) mass is 291 g/mol. The van der Waals surface area contributed by atoms with E-state index in [4.69, 9.17) is 0 Å². The highest BCUT2D eigenvalue weighted by Crippen LogP contribution is 2.30. The lowest BCUT2D eigenvalue weighted by Gasteiger charge is -2.26. The van der Waals surface area contributed by atoms with E-state index in [9.17, 15) is 0 Å². The average molecular weight is 291 g/mol. The van der Waals surface area contributed by atoms with E-state index in [-0.39, 0.29) is 0 Å². The largest absolute Gasteiger partial charge is 0.370 e. The minimum absolute atomic E-state index is 0.407. The topological polar surface area (TPSA) is 44.3 Å². The SMILES string of the molecule is CCNc1ncnc(N(C)CCN2CCCC2)c1C(C)C. The number of nitrogens with zero attached hydrogens (tertiary/aromatic N) is 4. The van der Waals surface area contributed by atoms with Crippen LogP contribution in [0.15, 0.2) is 6.33 Å². The van der Waals surface area contributed by atoms with Crippen LogP contribution in [-0.2, 0) is 0 Å². The van der Waals surface area contributed by atoms with Gasteiger partial charge in [0.15, 0.2) is 0 Å². The van der Waals surface area contributed by atoms with Crippen molar-refractivity contribution in [3.63, 3.8) is 0 Å². The first-order chi connectivity index (χ1) is 10.1. The standard InChI is InChI=1S/C16H29N5/c1-5-17-15-14(13(2)3)16(19-12-18-15)20(4)10-11-21-8-6-7-9-21/h12-13H,5-11H2,1-4H3,(H,17,18,19). The van der Waals surface area contributed by atoms with Crippen LogP contribution < -0.4 is 10.2 Å². The van der Waals surface area contributed by atoms with Crippen LogP contribution in [0.2, 0.25) is 0 Å². The number of nitrogens with one attached hydrogen (secondary N) is 1. The fourth-order valence-electron chi connectivity index (χ4n) is 2.93. The van der Waals surface area contributed by atoms with Gasteiger partial charge < -0.3 is 15.1 Å². The molecule has 2 rings (SSSR count). The molecule has 118 valence electrons. The Balaban J connectivity index is 2.10. The summed E-state index contributed by atoms with van der Waals surface area (Å²) in [6, 6.07) is 0. The van der Waals surface area contributed by atoms with Crippen LogP contribution in [0.5, 0.6) is 0 Å². The number of hydrogen-bond donors (Lipinski definition) is 1. The van der Waals surface area contributed by atoms with E-state index in [1.165, 1.54) is 31.5 Å². The zero-order valence-corrected chi connectivity index (χ0v) is 13.9. The van der Waals surface area contributed by atoms with Crippen molar-refractivity contribution >= 4 is 11.6 Å². The first-order valence-electron chi connectivity index (χ1n) is 8.15. The van der Waals surface area contributed by atoms with Crippen molar-refractivity contribution in [2.75, 3.05) is 50.0 Å². The molecule has 0 atom stereocenters. The lowest BCUT2D eigenvalue weighted by atomic mass is 10.0. The van der Waals surface area contributed by atoms with Crippen LogP contribution in [-0.4, -0.2) is 54.6 Å². The molecule has 1 aliphatic rings. The van der Waals surface area contributed by atoms with Gasteiger partial charge >= 0.3 is 0 Å². The summed E-state index contributed by atoms with van der Waals surface area (Å²) >= 11 is 0. The molecule has 5 nitrogen and oxygen atoms in total. The van der Waals surface area contributed by atoms with Crippen molar-refractivity contribution in [3.05, 3.63) is 11.9 Å². The first-order valence-corrected chi connectivity index (χ1v) is 8.15. The van der Waals surface area contributed by atoms with Crippen molar-refractivity contribution in [1.29, 1.82) is 0 Å². The summed E-state index contributed by atoms with van der Waals surface area (Å²) in [7, 11) is 2.14. The molecule has 2 heterocycles. The lowest BCUT2D eigenvalue weighted by molar-refractivity contribution is 0.346. The van der Waals surface area contributed by atoms with Crippen LogP contribution >= 0.6 is 0 Å². The summed E-state index contributed by atoms with van der Waals surface area (Å²) in [6.45, 7) is 12.0. The third kappa shape index (κ3) is 4.06. The Morgan fingerprint density at radius 3 is 2.62 bits per heavy atom. The summed E-state index contributed by atoms with van der Waals surface area (Å²) < 4.78 is 0. The summed E-state index contributed by atoms with van der Waals surface area (Å²) in [5.41, 5.74) is 1.23. The minimum Gasteiger partial charge on any atom is -0.370 e. The van der Waals surface area contributed by atoms with Crippen LogP contribution in [0, 0.1) is 0 Å². The maximum Gasteiger partial charge on any atom is 0.137 e. The second-order valence-corrected chi connectivity index (χ2v) is 6.11. The van der Waals surface area contributed by atoms with Crippen LogP contribution in [0.3, 0.4) is 0 Å². The van der Waals surface area contributed by atoms with E-state index < -0.39 is 0 Å². The fourth-order valence-corrected chi connectivity index (χ4v) is 2.93. The van der Waals surface area contributed by atoms with E-state index in [0.29, 0.717) is 5.92 Å². The Morgan fingerprint density at radius 2 is 2.00 bits per heavy atom. The Bertz CT molecular complexity index is 440. The predicted molar refractivity (Wildman–Crippen MR) is 89.2 cm³/mol. The summed E-state index contributed by atoms with van der Waals surface area (Å²) in [5.74, 6) is 2.45. The Morgan fingerprint density at radius 1 is 1.29 bits per heavy atom. The van der Waals surface area contributed by atoms with Gasteiger partial charge in [-0.1, -0.05) is 13.8 Å². The minimum atomic E-state index is 0.407. The second-order valence-electron chi connectivity index (χ2n) is 6.11. The van der Waals surface area contributed by atoms with Gasteiger partial charge in [-0.25, -0.2) is 9.97 Å². The molecular formula is C16H29N5. The first kappa shape index (κ1) is 16.0. The van der Waals surface area contributed by atoms with Crippen molar-refractivity contribution in [3.8, 4) is 0 Å². The van der Waals surface area contributed by atoms with E-state index in [0.717, 1.165) is 31.3 Å². The quantitative estimate of drug-likeness (QED) is 0.836. The maximum absolute atomic E-state index is 4.54. The normalized spacial score (nSPS) is 15.7. The van der Waals surface area contributed by atoms with E-state index in [1.807, 2.05) is 0 Å². The third-order valence-corrected chi connectivity index (χ3v) is 4.10.